The molecule has 2 N–H and O–H groups in total. The van der Waals surface area contributed by atoms with Gasteiger partial charge in [0.25, 0.3) is 0 Å². The summed E-state index contributed by atoms with van der Waals surface area (Å²) in [6, 6.07) is 11.3. The van der Waals surface area contributed by atoms with Gasteiger partial charge in [0.1, 0.15) is 0 Å². The van der Waals surface area contributed by atoms with Crippen LogP contribution < -0.4 is 0 Å². The summed E-state index contributed by atoms with van der Waals surface area (Å²) in [5.41, 5.74) is 4.21. The maximum absolute atomic E-state index is 11.7. The molecule has 0 spiro atoms. The second-order valence-electron chi connectivity index (χ2n) is 6.09. The van der Waals surface area contributed by atoms with E-state index in [0.717, 1.165) is 39.5 Å². The molecule has 3 rings (SSSR count). The molecule has 0 aliphatic rings. The second kappa shape index (κ2) is 6.79. The highest BCUT2D eigenvalue weighted by Crippen LogP contribution is 2.35. The summed E-state index contributed by atoms with van der Waals surface area (Å²) in [6.07, 6.45) is 2.93. The van der Waals surface area contributed by atoms with Gasteiger partial charge in [-0.25, -0.2) is 4.79 Å². The van der Waals surface area contributed by atoms with Gasteiger partial charge in [-0.1, -0.05) is 28.1 Å². The zero-order valence-electron chi connectivity index (χ0n) is 13.6. The number of hydrogen-bond acceptors (Lipinski definition) is 2. The molecule has 1 heterocycles. The Morgan fingerprint density at radius 1 is 1.21 bits per heavy atom. The minimum Gasteiger partial charge on any atom is -0.478 e. The van der Waals surface area contributed by atoms with Gasteiger partial charge in [0, 0.05) is 28.1 Å². The summed E-state index contributed by atoms with van der Waals surface area (Å²) in [4.78, 5) is 17.1. The Bertz CT molecular complexity index is 900. The van der Waals surface area contributed by atoms with Crippen molar-refractivity contribution in [2.45, 2.75) is 6.42 Å². The number of carboxylic acids is 1. The molecule has 0 aliphatic heterocycles. The maximum atomic E-state index is 11.7. The minimum absolute atomic E-state index is 0.311. The summed E-state index contributed by atoms with van der Waals surface area (Å²) in [5.74, 6) is -0.917. The Morgan fingerprint density at radius 3 is 2.71 bits per heavy atom. The molecule has 1 aromatic heterocycles. The minimum atomic E-state index is -0.917. The van der Waals surface area contributed by atoms with Crippen molar-refractivity contribution in [3.63, 3.8) is 0 Å². The number of nitrogens with one attached hydrogen (secondary N) is 1. The van der Waals surface area contributed by atoms with Crippen LogP contribution in [-0.4, -0.2) is 41.6 Å². The molecule has 0 saturated heterocycles. The fourth-order valence-corrected chi connectivity index (χ4v) is 3.31. The zero-order valence-corrected chi connectivity index (χ0v) is 15.2. The van der Waals surface area contributed by atoms with Gasteiger partial charge in [0.05, 0.1) is 5.56 Å². The van der Waals surface area contributed by atoms with E-state index >= 15 is 0 Å². The second-order valence-corrected chi connectivity index (χ2v) is 7.01. The topological polar surface area (TPSA) is 56.3 Å². The first-order valence-electron chi connectivity index (χ1n) is 7.74. The number of aromatic carboxylic acids is 1. The fraction of sp³-hybridized carbons (Fsp3) is 0.211. The van der Waals surface area contributed by atoms with Gasteiger partial charge in [0.15, 0.2) is 0 Å². The molecule has 24 heavy (non-hydrogen) atoms. The maximum Gasteiger partial charge on any atom is 0.336 e. The predicted octanol–water partition coefficient (Wildman–Crippen LogP) is 4.40. The van der Waals surface area contributed by atoms with E-state index in [1.54, 1.807) is 12.1 Å². The Balaban J connectivity index is 2.22. The first kappa shape index (κ1) is 16.7. The Morgan fingerprint density at radius 2 is 2.00 bits per heavy atom. The average molecular weight is 387 g/mol. The van der Waals surface area contributed by atoms with Crippen LogP contribution in [0.2, 0.25) is 0 Å². The third kappa shape index (κ3) is 3.23. The van der Waals surface area contributed by atoms with Gasteiger partial charge in [-0.2, -0.15) is 0 Å². The molecular weight excluding hydrogens is 368 g/mol. The number of rotatable bonds is 5. The summed E-state index contributed by atoms with van der Waals surface area (Å²) in [6.45, 7) is 0.936. The molecule has 0 saturated carbocycles. The number of fused-ring (bicyclic) bond motifs is 1. The molecule has 0 bridgehead atoms. The lowest BCUT2D eigenvalue weighted by molar-refractivity contribution is 0.0697. The average Bonchev–Trinajstić information content (AvgIpc) is 2.95. The predicted molar refractivity (Wildman–Crippen MR) is 101 cm³/mol. The van der Waals surface area contributed by atoms with Crippen molar-refractivity contribution >= 4 is 32.8 Å². The Labute approximate surface area is 149 Å². The van der Waals surface area contributed by atoms with Crippen LogP contribution in [-0.2, 0) is 6.42 Å². The molecule has 0 unspecified atom stereocenters. The highest BCUT2D eigenvalue weighted by atomic mass is 79.9. The first-order chi connectivity index (χ1) is 11.5. The lowest BCUT2D eigenvalue weighted by atomic mass is 9.94. The SMILES string of the molecule is CN(C)CCc1c[nH]c2cccc(-c3cc(Br)ccc3C(=O)O)c12. The van der Waals surface area contributed by atoms with Crippen LogP contribution >= 0.6 is 15.9 Å². The van der Waals surface area contributed by atoms with Crippen LogP contribution in [0, 0.1) is 0 Å². The number of carbonyl (C=O) groups is 1. The summed E-state index contributed by atoms with van der Waals surface area (Å²) in [5, 5.41) is 10.7. The molecule has 0 amide bonds. The van der Waals surface area contributed by atoms with Crippen molar-refractivity contribution in [3.8, 4) is 11.1 Å². The number of likely N-dealkylation sites (N-methyl/N-ethyl adjacent to an activating group) is 1. The largest absolute Gasteiger partial charge is 0.478 e. The van der Waals surface area contributed by atoms with Gasteiger partial charge in [-0.05, 0) is 61.5 Å². The van der Waals surface area contributed by atoms with Crippen LogP contribution in [0.15, 0.2) is 47.1 Å². The monoisotopic (exact) mass is 386 g/mol. The molecule has 0 fully saturated rings. The van der Waals surface area contributed by atoms with Crippen LogP contribution in [0.1, 0.15) is 15.9 Å². The van der Waals surface area contributed by atoms with Crippen molar-refractivity contribution in [1.29, 1.82) is 0 Å². The van der Waals surface area contributed by atoms with Gasteiger partial charge in [-0.15, -0.1) is 0 Å². The summed E-state index contributed by atoms with van der Waals surface area (Å²) in [7, 11) is 4.10. The Kier molecular flexibility index (Phi) is 4.73. The molecule has 2 aromatic carbocycles. The van der Waals surface area contributed by atoms with Crippen molar-refractivity contribution in [1.82, 2.24) is 9.88 Å². The van der Waals surface area contributed by atoms with E-state index in [0.29, 0.717) is 5.56 Å². The third-order valence-electron chi connectivity index (χ3n) is 4.12. The van der Waals surface area contributed by atoms with E-state index in [1.807, 2.05) is 44.6 Å². The number of H-pyrrole nitrogens is 1. The molecule has 5 heteroatoms. The highest BCUT2D eigenvalue weighted by Gasteiger charge is 2.16. The zero-order chi connectivity index (χ0) is 17.3. The van der Waals surface area contributed by atoms with Gasteiger partial charge in [0.2, 0.25) is 0 Å². The summed E-state index contributed by atoms with van der Waals surface area (Å²) < 4.78 is 0.866. The quantitative estimate of drug-likeness (QED) is 0.682. The van der Waals surface area contributed by atoms with Crippen LogP contribution in [0.25, 0.3) is 22.0 Å². The molecule has 4 nitrogen and oxygen atoms in total. The number of aromatic amines is 1. The van der Waals surface area contributed by atoms with Gasteiger partial charge >= 0.3 is 5.97 Å². The van der Waals surface area contributed by atoms with E-state index in [-0.39, 0.29) is 0 Å². The normalized spacial score (nSPS) is 11.3. The molecule has 0 aliphatic carbocycles. The van der Waals surface area contributed by atoms with Crippen LogP contribution in [0.3, 0.4) is 0 Å². The number of benzene rings is 2. The van der Waals surface area contributed by atoms with E-state index in [1.165, 1.54) is 5.56 Å². The van der Waals surface area contributed by atoms with Crippen molar-refractivity contribution < 1.29 is 9.90 Å². The van der Waals surface area contributed by atoms with Crippen molar-refractivity contribution in [2.75, 3.05) is 20.6 Å². The first-order valence-corrected chi connectivity index (χ1v) is 8.53. The Hall–Kier alpha value is -2.11. The number of carboxylic acid groups (broad SMARTS) is 1. The lowest BCUT2D eigenvalue weighted by Gasteiger charge is -2.12. The molecular formula is C19H19BrN2O2. The fourth-order valence-electron chi connectivity index (χ4n) is 2.95. The molecule has 124 valence electrons. The number of nitrogens with zero attached hydrogens (tertiary/aromatic N) is 1. The standard InChI is InChI=1S/C19H19BrN2O2/c1-22(2)9-8-12-11-21-17-5-3-4-14(18(12)17)16-10-13(20)6-7-15(16)19(23)24/h3-7,10-11,21H,8-9H2,1-2H3,(H,23,24). The van der Waals surface area contributed by atoms with E-state index in [2.05, 4.69) is 25.8 Å². The van der Waals surface area contributed by atoms with Crippen molar-refractivity contribution in [2.24, 2.45) is 0 Å². The summed E-state index contributed by atoms with van der Waals surface area (Å²) >= 11 is 3.46. The van der Waals surface area contributed by atoms with Crippen LogP contribution in [0.5, 0.6) is 0 Å². The molecule has 0 radical (unpaired) electrons. The highest BCUT2D eigenvalue weighted by molar-refractivity contribution is 9.10. The smallest absolute Gasteiger partial charge is 0.336 e. The molecule has 0 atom stereocenters. The van der Waals surface area contributed by atoms with Crippen molar-refractivity contribution in [3.05, 3.63) is 58.2 Å². The van der Waals surface area contributed by atoms with E-state index < -0.39 is 5.97 Å². The number of hydrogen-bond donors (Lipinski definition) is 2. The number of aromatic nitrogens is 1. The van der Waals surface area contributed by atoms with Crippen LogP contribution in [0.4, 0.5) is 0 Å². The van der Waals surface area contributed by atoms with E-state index in [9.17, 15) is 9.90 Å². The molecule has 3 aromatic rings. The van der Waals surface area contributed by atoms with Gasteiger partial charge in [-0.3, -0.25) is 0 Å². The lowest BCUT2D eigenvalue weighted by Crippen LogP contribution is -2.14. The number of halogens is 1. The van der Waals surface area contributed by atoms with Gasteiger partial charge < -0.3 is 15.0 Å². The third-order valence-corrected chi connectivity index (χ3v) is 4.61. The van der Waals surface area contributed by atoms with E-state index in [4.69, 9.17) is 0 Å².